The van der Waals surface area contributed by atoms with Crippen molar-refractivity contribution in [2.45, 2.75) is 0 Å². The predicted octanol–water partition coefficient (Wildman–Crippen LogP) is 1.71. The van der Waals surface area contributed by atoms with Crippen molar-refractivity contribution >= 4 is 28.8 Å². The lowest BCUT2D eigenvalue weighted by Crippen LogP contribution is -2.21. The average molecular weight is 240 g/mol. The monoisotopic (exact) mass is 239 g/mol. The van der Waals surface area contributed by atoms with Crippen LogP contribution in [0.3, 0.4) is 0 Å². The lowest BCUT2D eigenvalue weighted by molar-refractivity contribution is 0.628. The minimum Gasteiger partial charge on any atom is -0.382 e. The fraction of sp³-hybridized carbons (Fsp3) is 0. The Hall–Kier alpha value is -2.13. The summed E-state index contributed by atoms with van der Waals surface area (Å²) in [6, 6.07) is 5.25. The van der Waals surface area contributed by atoms with E-state index in [0.29, 0.717) is 0 Å². The quantitative estimate of drug-likeness (QED) is 0.425. The van der Waals surface area contributed by atoms with Crippen molar-refractivity contribution < 1.29 is 4.39 Å². The number of hydrogen-bond acceptors (Lipinski definition) is 4. The van der Waals surface area contributed by atoms with Gasteiger partial charge in [-0.05, 0) is 12.1 Å². The summed E-state index contributed by atoms with van der Waals surface area (Å²) in [6.07, 6.45) is 0. The maximum atomic E-state index is 12.8. The third-order valence-corrected chi connectivity index (χ3v) is 1.91. The van der Waals surface area contributed by atoms with Gasteiger partial charge in [-0.15, -0.1) is 0 Å². The van der Waals surface area contributed by atoms with E-state index in [1.165, 1.54) is 12.1 Å². The summed E-state index contributed by atoms with van der Waals surface area (Å²) in [5.74, 6) is -0.981. The Kier molecular flexibility index (Phi) is 3.80. The molecule has 0 aliphatic heterocycles. The van der Waals surface area contributed by atoms with E-state index in [1.807, 2.05) is 0 Å². The third-order valence-electron chi connectivity index (χ3n) is 1.58. The summed E-state index contributed by atoms with van der Waals surface area (Å²) in [5, 5.41) is 19.3. The van der Waals surface area contributed by atoms with Crippen LogP contribution >= 0.6 is 11.6 Å². The molecule has 0 amide bonds. The molecule has 16 heavy (non-hydrogen) atoms. The smallest absolute Gasteiger partial charge is 0.201 e. The first-order chi connectivity index (χ1) is 7.54. The van der Waals surface area contributed by atoms with Gasteiger partial charge in [-0.2, -0.15) is 10.4 Å². The highest BCUT2D eigenvalue weighted by molar-refractivity contribution is 6.45. The number of benzene rings is 1. The van der Waals surface area contributed by atoms with Crippen LogP contribution in [-0.2, 0) is 0 Å². The number of nitrogens with zero attached hydrogens (tertiary/aromatic N) is 2. The van der Waals surface area contributed by atoms with Crippen molar-refractivity contribution in [2.75, 3.05) is 5.43 Å². The van der Waals surface area contributed by atoms with Crippen molar-refractivity contribution in [3.63, 3.8) is 0 Å². The molecule has 0 unspecified atom stereocenters. The van der Waals surface area contributed by atoms with E-state index < -0.39 is 11.7 Å². The molecule has 82 valence electrons. The predicted molar refractivity (Wildman–Crippen MR) is 60.0 cm³/mol. The number of nitrogens with one attached hydrogen (secondary N) is 2. The Labute approximate surface area is 95.8 Å². The molecule has 0 aliphatic rings. The van der Waals surface area contributed by atoms with Gasteiger partial charge in [-0.1, -0.05) is 11.6 Å². The van der Waals surface area contributed by atoms with Gasteiger partial charge in [-0.3, -0.25) is 10.8 Å². The highest BCUT2D eigenvalue weighted by Gasteiger charge is 2.03. The Bertz CT molecular complexity index is 491. The third kappa shape index (κ3) is 2.93. The molecule has 0 bridgehead atoms. The van der Waals surface area contributed by atoms with Crippen LogP contribution in [0.5, 0.6) is 0 Å². The number of nitriles is 1. The van der Waals surface area contributed by atoms with Gasteiger partial charge in [0.15, 0.2) is 5.84 Å². The first kappa shape index (κ1) is 11.9. The molecule has 0 heterocycles. The molecular weight excluding hydrogens is 233 g/mol. The Morgan fingerprint density at radius 3 is 2.88 bits per heavy atom. The zero-order valence-corrected chi connectivity index (χ0v) is 8.72. The Morgan fingerprint density at radius 1 is 1.62 bits per heavy atom. The van der Waals surface area contributed by atoms with Crippen LogP contribution in [0.15, 0.2) is 23.3 Å². The molecule has 1 rings (SSSR count). The number of halogens is 2. The molecule has 1 aromatic carbocycles. The van der Waals surface area contributed by atoms with Gasteiger partial charge in [-0.25, -0.2) is 4.39 Å². The van der Waals surface area contributed by atoms with Gasteiger partial charge in [0.1, 0.15) is 11.9 Å². The van der Waals surface area contributed by atoms with Crippen molar-refractivity contribution in [3.05, 3.63) is 29.0 Å². The molecule has 0 aliphatic carbocycles. The second-order valence-corrected chi connectivity index (χ2v) is 3.13. The van der Waals surface area contributed by atoms with Crippen molar-refractivity contribution in [1.82, 2.24) is 0 Å². The number of rotatable bonds is 3. The zero-order valence-electron chi connectivity index (χ0n) is 7.96. The zero-order chi connectivity index (χ0) is 12.1. The molecule has 4 N–H and O–H groups in total. The normalized spacial score (nSPS) is 10.7. The van der Waals surface area contributed by atoms with E-state index in [-0.39, 0.29) is 16.4 Å². The fourth-order valence-electron chi connectivity index (χ4n) is 0.845. The first-order valence-electron chi connectivity index (χ1n) is 4.08. The van der Waals surface area contributed by atoms with E-state index in [1.54, 1.807) is 6.07 Å². The lowest BCUT2D eigenvalue weighted by atomic mass is 10.3. The van der Waals surface area contributed by atoms with Gasteiger partial charge in [0.2, 0.25) is 5.71 Å². The van der Waals surface area contributed by atoms with Crippen molar-refractivity contribution in [2.24, 2.45) is 10.8 Å². The van der Waals surface area contributed by atoms with Crippen LogP contribution in [0.25, 0.3) is 0 Å². The summed E-state index contributed by atoms with van der Waals surface area (Å²) >= 11 is 5.74. The number of nitrogens with two attached hydrogens (primary N) is 1. The molecular formula is C9H7ClFN5. The van der Waals surface area contributed by atoms with E-state index >= 15 is 0 Å². The number of anilines is 1. The SMILES string of the molecule is N#C/C(=N\Nc1cc(F)ccc1Cl)C(=N)N. The molecule has 0 aromatic heterocycles. The number of hydrazone groups is 1. The van der Waals surface area contributed by atoms with Gasteiger partial charge in [0, 0.05) is 6.07 Å². The van der Waals surface area contributed by atoms with Crippen LogP contribution in [0.2, 0.25) is 5.02 Å². The second kappa shape index (κ2) is 5.09. The van der Waals surface area contributed by atoms with Crippen LogP contribution in [0.1, 0.15) is 0 Å². The van der Waals surface area contributed by atoms with Crippen LogP contribution in [0, 0.1) is 22.6 Å². The van der Waals surface area contributed by atoms with Gasteiger partial charge >= 0.3 is 0 Å². The summed E-state index contributed by atoms with van der Waals surface area (Å²) in [6.45, 7) is 0. The summed E-state index contributed by atoms with van der Waals surface area (Å²) in [7, 11) is 0. The van der Waals surface area contributed by atoms with Gasteiger partial charge in [0.25, 0.3) is 0 Å². The highest BCUT2D eigenvalue weighted by atomic mass is 35.5. The van der Waals surface area contributed by atoms with Gasteiger partial charge < -0.3 is 5.73 Å². The van der Waals surface area contributed by atoms with E-state index in [0.717, 1.165) is 6.07 Å². The standard InChI is InChI=1S/C9H7ClFN5/c10-6-2-1-5(11)3-7(6)15-16-8(4-12)9(13)14/h1-3,15H,(H3,13,14)/b16-8+. The summed E-state index contributed by atoms with van der Waals surface area (Å²) in [5.41, 5.74) is 7.31. The maximum absolute atomic E-state index is 12.8. The largest absolute Gasteiger partial charge is 0.382 e. The minimum absolute atomic E-state index is 0.190. The second-order valence-electron chi connectivity index (χ2n) is 2.72. The topological polar surface area (TPSA) is 98.0 Å². The highest BCUT2D eigenvalue weighted by Crippen LogP contribution is 2.22. The van der Waals surface area contributed by atoms with E-state index in [9.17, 15) is 4.39 Å². The van der Waals surface area contributed by atoms with Crippen LogP contribution < -0.4 is 11.2 Å². The number of hydrogen-bond donors (Lipinski definition) is 3. The Balaban J connectivity index is 2.94. The fourth-order valence-corrected chi connectivity index (χ4v) is 1.00. The molecule has 1 aromatic rings. The molecule has 0 fully saturated rings. The van der Waals surface area contributed by atoms with Crippen molar-refractivity contribution in [3.8, 4) is 6.07 Å². The lowest BCUT2D eigenvalue weighted by Gasteiger charge is -2.03. The van der Waals surface area contributed by atoms with Crippen LogP contribution in [0.4, 0.5) is 10.1 Å². The summed E-state index contributed by atoms with van der Waals surface area (Å²) < 4.78 is 12.8. The number of amidine groups is 1. The van der Waals surface area contributed by atoms with Crippen LogP contribution in [-0.4, -0.2) is 11.5 Å². The molecule has 7 heteroatoms. The minimum atomic E-state index is -0.497. The van der Waals surface area contributed by atoms with Gasteiger partial charge in [0.05, 0.1) is 10.7 Å². The Morgan fingerprint density at radius 2 is 2.31 bits per heavy atom. The molecule has 0 saturated carbocycles. The first-order valence-corrected chi connectivity index (χ1v) is 4.45. The molecule has 0 saturated heterocycles. The molecule has 0 radical (unpaired) electrons. The van der Waals surface area contributed by atoms with E-state index in [2.05, 4.69) is 10.5 Å². The van der Waals surface area contributed by atoms with Crippen molar-refractivity contribution in [1.29, 1.82) is 10.7 Å². The molecule has 0 atom stereocenters. The summed E-state index contributed by atoms with van der Waals surface area (Å²) in [4.78, 5) is 0. The molecule has 0 spiro atoms. The molecule has 5 nitrogen and oxygen atoms in total. The van der Waals surface area contributed by atoms with E-state index in [4.69, 9.17) is 28.0 Å². The maximum Gasteiger partial charge on any atom is 0.201 e. The average Bonchev–Trinajstić information content (AvgIpc) is 2.23.